The third-order valence-corrected chi connectivity index (χ3v) is 4.26. The fourth-order valence-corrected chi connectivity index (χ4v) is 3.14. The fourth-order valence-electron chi connectivity index (χ4n) is 3.14. The number of hydrogen-bond acceptors (Lipinski definition) is 5. The van der Waals surface area contributed by atoms with E-state index in [1.165, 1.54) is 0 Å². The number of carbonyl (C=O) groups excluding carboxylic acids is 2. The first-order valence-corrected chi connectivity index (χ1v) is 8.62. The predicted octanol–water partition coefficient (Wildman–Crippen LogP) is 2.58. The van der Waals surface area contributed by atoms with Gasteiger partial charge in [0.05, 0.1) is 11.6 Å². The molecule has 136 valence electrons. The number of furan rings is 1. The van der Waals surface area contributed by atoms with Crippen molar-refractivity contribution >= 4 is 23.0 Å². The van der Waals surface area contributed by atoms with Gasteiger partial charge in [-0.25, -0.2) is 4.79 Å². The molecule has 3 rings (SSSR count). The number of esters is 1. The minimum Gasteiger partial charge on any atom is -0.460 e. The zero-order valence-electron chi connectivity index (χ0n) is 14.8. The van der Waals surface area contributed by atoms with Crippen LogP contribution in [-0.2, 0) is 14.3 Å². The second-order valence-electron chi connectivity index (χ2n) is 6.62. The van der Waals surface area contributed by atoms with E-state index in [1.54, 1.807) is 6.07 Å². The van der Waals surface area contributed by atoms with Crippen LogP contribution in [0.4, 0.5) is 0 Å². The second-order valence-corrected chi connectivity index (χ2v) is 6.62. The van der Waals surface area contributed by atoms with Gasteiger partial charge in [-0.15, -0.1) is 0 Å². The van der Waals surface area contributed by atoms with Crippen LogP contribution in [0, 0.1) is 6.92 Å². The minimum absolute atomic E-state index is 0.0605. The van der Waals surface area contributed by atoms with Crippen LogP contribution < -0.4 is 5.32 Å². The van der Waals surface area contributed by atoms with Crippen LogP contribution in [0.25, 0.3) is 11.1 Å². The molecule has 7 heteroatoms. The molecule has 2 aromatic heterocycles. The molecule has 0 radical (unpaired) electrons. The Labute approximate surface area is 146 Å². The lowest BCUT2D eigenvalue weighted by atomic mass is 10.2. The monoisotopic (exact) mass is 348 g/mol. The van der Waals surface area contributed by atoms with Gasteiger partial charge in [-0.3, -0.25) is 4.79 Å². The maximum atomic E-state index is 12.4. The van der Waals surface area contributed by atoms with Crippen molar-refractivity contribution in [3.8, 4) is 0 Å². The second kappa shape index (κ2) is 7.31. The SMILES string of the molecule is Cc1cc2c(cc(C(=O)OCC(=O)NC[C@H]3CCCO3)n2C(C)C)o1. The number of fused-ring (bicyclic) bond motifs is 1. The van der Waals surface area contributed by atoms with Gasteiger partial charge in [0.25, 0.3) is 5.91 Å². The maximum absolute atomic E-state index is 12.4. The van der Waals surface area contributed by atoms with Crippen molar-refractivity contribution in [2.45, 2.75) is 45.8 Å². The van der Waals surface area contributed by atoms with Gasteiger partial charge < -0.3 is 23.8 Å². The highest BCUT2D eigenvalue weighted by Gasteiger charge is 2.22. The van der Waals surface area contributed by atoms with Gasteiger partial charge in [-0.1, -0.05) is 0 Å². The zero-order valence-corrected chi connectivity index (χ0v) is 14.8. The van der Waals surface area contributed by atoms with Crippen LogP contribution in [0.3, 0.4) is 0 Å². The van der Waals surface area contributed by atoms with Gasteiger partial charge >= 0.3 is 5.97 Å². The molecule has 1 aliphatic heterocycles. The number of rotatable bonds is 6. The summed E-state index contributed by atoms with van der Waals surface area (Å²) in [6, 6.07) is 3.61. The Hall–Kier alpha value is -2.28. The minimum atomic E-state index is -0.537. The Bertz CT molecular complexity index is 768. The molecule has 25 heavy (non-hydrogen) atoms. The molecule has 0 spiro atoms. The Balaban J connectivity index is 1.60. The third-order valence-electron chi connectivity index (χ3n) is 4.26. The lowest BCUT2D eigenvalue weighted by Gasteiger charge is -2.14. The van der Waals surface area contributed by atoms with Gasteiger partial charge in [-0.2, -0.15) is 0 Å². The van der Waals surface area contributed by atoms with E-state index in [-0.39, 0.29) is 24.7 Å². The summed E-state index contributed by atoms with van der Waals surface area (Å²) in [6.45, 7) is 6.70. The number of ether oxygens (including phenoxy) is 2. The molecular formula is C18H24N2O5. The van der Waals surface area contributed by atoms with Crippen molar-refractivity contribution < 1.29 is 23.5 Å². The summed E-state index contributed by atoms with van der Waals surface area (Å²) in [5, 5.41) is 2.73. The molecular weight excluding hydrogens is 324 g/mol. The molecule has 0 unspecified atom stereocenters. The van der Waals surface area contributed by atoms with E-state index in [4.69, 9.17) is 13.9 Å². The van der Waals surface area contributed by atoms with Crippen LogP contribution in [0.1, 0.15) is 49.0 Å². The van der Waals surface area contributed by atoms with Crippen molar-refractivity contribution in [1.82, 2.24) is 9.88 Å². The van der Waals surface area contributed by atoms with E-state index in [1.807, 2.05) is 31.4 Å². The van der Waals surface area contributed by atoms with Gasteiger partial charge in [0.2, 0.25) is 0 Å². The first-order chi connectivity index (χ1) is 12.0. The zero-order chi connectivity index (χ0) is 18.0. The number of aryl methyl sites for hydroxylation is 1. The molecule has 0 bridgehead atoms. The lowest BCUT2D eigenvalue weighted by Crippen LogP contribution is -2.35. The Kier molecular flexibility index (Phi) is 5.13. The summed E-state index contributed by atoms with van der Waals surface area (Å²) in [4.78, 5) is 24.2. The highest BCUT2D eigenvalue weighted by molar-refractivity contribution is 5.95. The number of amides is 1. The Morgan fingerprint density at radius 1 is 1.40 bits per heavy atom. The predicted molar refractivity (Wildman–Crippen MR) is 91.6 cm³/mol. The first kappa shape index (κ1) is 17.5. The Morgan fingerprint density at radius 3 is 2.88 bits per heavy atom. The van der Waals surface area contributed by atoms with Gasteiger partial charge in [-0.05, 0) is 33.6 Å². The molecule has 1 atom stereocenters. The van der Waals surface area contributed by atoms with Crippen LogP contribution in [0.2, 0.25) is 0 Å². The smallest absolute Gasteiger partial charge is 0.355 e. The summed E-state index contributed by atoms with van der Waals surface area (Å²) < 4.78 is 18.1. The molecule has 1 saturated heterocycles. The van der Waals surface area contributed by atoms with E-state index >= 15 is 0 Å². The lowest BCUT2D eigenvalue weighted by molar-refractivity contribution is -0.124. The summed E-state index contributed by atoms with van der Waals surface area (Å²) >= 11 is 0. The van der Waals surface area contributed by atoms with Crippen LogP contribution in [0.15, 0.2) is 16.5 Å². The average Bonchev–Trinajstić information content (AvgIpc) is 3.25. The summed E-state index contributed by atoms with van der Waals surface area (Å²) in [5.74, 6) is -0.0797. The van der Waals surface area contributed by atoms with Gasteiger partial charge in [0, 0.05) is 31.3 Å². The topological polar surface area (TPSA) is 82.7 Å². The van der Waals surface area contributed by atoms with E-state index < -0.39 is 5.97 Å². The molecule has 2 aromatic rings. The molecule has 3 heterocycles. The molecule has 0 saturated carbocycles. The van der Waals surface area contributed by atoms with Crippen molar-refractivity contribution in [3.63, 3.8) is 0 Å². The number of aromatic nitrogens is 1. The van der Waals surface area contributed by atoms with Crippen molar-refractivity contribution in [1.29, 1.82) is 0 Å². The fraction of sp³-hybridized carbons (Fsp3) is 0.556. The Morgan fingerprint density at radius 2 is 2.20 bits per heavy atom. The molecule has 1 N–H and O–H groups in total. The average molecular weight is 348 g/mol. The summed E-state index contributed by atoms with van der Waals surface area (Å²) in [6.07, 6.45) is 2.02. The number of carbonyl (C=O) groups is 2. The molecule has 1 fully saturated rings. The first-order valence-electron chi connectivity index (χ1n) is 8.62. The van der Waals surface area contributed by atoms with E-state index in [9.17, 15) is 9.59 Å². The largest absolute Gasteiger partial charge is 0.460 e. The third kappa shape index (κ3) is 3.87. The molecule has 0 aromatic carbocycles. The van der Waals surface area contributed by atoms with E-state index in [0.717, 1.165) is 30.7 Å². The molecule has 7 nitrogen and oxygen atoms in total. The van der Waals surface area contributed by atoms with E-state index in [0.29, 0.717) is 17.8 Å². The van der Waals surface area contributed by atoms with Gasteiger partial charge in [0.1, 0.15) is 11.5 Å². The van der Waals surface area contributed by atoms with Crippen LogP contribution in [-0.4, -0.2) is 42.3 Å². The highest BCUT2D eigenvalue weighted by Crippen LogP contribution is 2.27. The van der Waals surface area contributed by atoms with Crippen LogP contribution >= 0.6 is 0 Å². The van der Waals surface area contributed by atoms with Gasteiger partial charge in [0.15, 0.2) is 12.2 Å². The van der Waals surface area contributed by atoms with Crippen LogP contribution in [0.5, 0.6) is 0 Å². The van der Waals surface area contributed by atoms with E-state index in [2.05, 4.69) is 5.32 Å². The number of nitrogens with zero attached hydrogens (tertiary/aromatic N) is 1. The normalized spacial score (nSPS) is 17.4. The molecule has 1 amide bonds. The van der Waals surface area contributed by atoms with Crippen molar-refractivity contribution in [3.05, 3.63) is 23.6 Å². The molecule has 0 aliphatic carbocycles. The summed E-state index contributed by atoms with van der Waals surface area (Å²) in [7, 11) is 0. The van der Waals surface area contributed by atoms with Crippen molar-refractivity contribution in [2.75, 3.05) is 19.8 Å². The molecule has 1 aliphatic rings. The number of nitrogens with one attached hydrogen (secondary N) is 1. The standard InChI is InChI=1S/C18H24N2O5/c1-11(2)20-14-7-12(3)25-16(14)8-15(20)18(22)24-10-17(21)19-9-13-5-4-6-23-13/h7-8,11,13H,4-6,9-10H2,1-3H3,(H,19,21)/t13-/m1/s1. The van der Waals surface area contributed by atoms with Crippen molar-refractivity contribution in [2.24, 2.45) is 0 Å². The number of hydrogen-bond donors (Lipinski definition) is 1. The maximum Gasteiger partial charge on any atom is 0.355 e. The quantitative estimate of drug-likeness (QED) is 0.811. The highest BCUT2D eigenvalue weighted by atomic mass is 16.5. The summed E-state index contributed by atoms with van der Waals surface area (Å²) in [5.41, 5.74) is 1.87.